The first-order valence-electron chi connectivity index (χ1n) is 18.0. The molecular formula is C42H56N4O2S4. The maximum atomic E-state index is 5.82. The first kappa shape index (κ1) is 43.5. The number of hydrogen-bond acceptors (Lipinski definition) is 10. The number of thioether (sulfide) groups is 2. The van der Waals surface area contributed by atoms with Gasteiger partial charge in [0.15, 0.2) is 0 Å². The molecule has 0 amide bonds. The van der Waals surface area contributed by atoms with Crippen LogP contribution in [0, 0.1) is 0 Å². The minimum absolute atomic E-state index is 0.148. The Bertz CT molecular complexity index is 1600. The summed E-state index contributed by atoms with van der Waals surface area (Å²) in [5.41, 5.74) is 6.40. The van der Waals surface area contributed by atoms with Crippen molar-refractivity contribution in [1.82, 2.24) is 9.97 Å². The number of hydrogen-bond donors (Lipinski definition) is 0. The fourth-order valence-corrected chi connectivity index (χ4v) is 7.88. The number of aliphatic imine (C=N–C) groups is 1. The van der Waals surface area contributed by atoms with Crippen LogP contribution in [0.3, 0.4) is 0 Å². The van der Waals surface area contributed by atoms with Crippen LogP contribution in [0.2, 0.25) is 0 Å². The summed E-state index contributed by atoms with van der Waals surface area (Å²) in [6, 6.07) is 25.3. The molecule has 0 saturated heterocycles. The van der Waals surface area contributed by atoms with Crippen LogP contribution in [0.5, 0.6) is 0 Å². The van der Waals surface area contributed by atoms with Gasteiger partial charge in [-0.3, -0.25) is 9.97 Å². The Balaban J connectivity index is 0.000000281. The van der Waals surface area contributed by atoms with Gasteiger partial charge in [-0.1, -0.05) is 140 Å². The Labute approximate surface area is 329 Å². The van der Waals surface area contributed by atoms with E-state index in [1.807, 2.05) is 60.2 Å². The second-order valence-electron chi connectivity index (χ2n) is 14.2. The van der Waals surface area contributed by atoms with Gasteiger partial charge in [-0.15, -0.1) is 4.40 Å². The predicted molar refractivity (Wildman–Crippen MR) is 231 cm³/mol. The molecule has 280 valence electrons. The molecule has 0 aliphatic rings. The zero-order chi connectivity index (χ0) is 37.7. The lowest BCUT2D eigenvalue weighted by Gasteiger charge is -2.19. The summed E-state index contributed by atoms with van der Waals surface area (Å²) in [4.78, 5) is 14.1. The van der Waals surface area contributed by atoms with Crippen LogP contribution in [0.25, 0.3) is 0 Å². The molecule has 10 heteroatoms. The van der Waals surface area contributed by atoms with Gasteiger partial charge in [0.1, 0.15) is 11.0 Å². The summed E-state index contributed by atoms with van der Waals surface area (Å²) < 4.78 is 17.0. The first-order valence-corrected chi connectivity index (χ1v) is 22.1. The van der Waals surface area contributed by atoms with Crippen molar-refractivity contribution in [1.29, 1.82) is 0 Å². The van der Waals surface area contributed by atoms with E-state index < -0.39 is 0 Å². The topological polar surface area (TPSA) is 69.0 Å². The van der Waals surface area contributed by atoms with Crippen LogP contribution in [0.1, 0.15) is 103 Å². The third-order valence-corrected chi connectivity index (χ3v) is 11.7. The molecule has 0 aliphatic carbocycles. The zero-order valence-electron chi connectivity index (χ0n) is 32.1. The van der Waals surface area contributed by atoms with Gasteiger partial charge in [-0.25, -0.2) is 4.99 Å². The molecule has 0 N–H and O–H groups in total. The molecule has 0 atom stereocenters. The number of unbranched alkanes of at least 4 members (excludes halogenated alkanes) is 2. The number of benzene rings is 2. The molecule has 4 aromatic rings. The number of nitrogens with zero attached hydrogens (tertiary/aromatic N) is 4. The Morgan fingerprint density at radius 2 is 1.31 bits per heavy atom. The van der Waals surface area contributed by atoms with Gasteiger partial charge < -0.3 is 9.47 Å². The molecule has 2 aromatic carbocycles. The summed E-state index contributed by atoms with van der Waals surface area (Å²) >= 11 is 3.67. The van der Waals surface area contributed by atoms with Crippen molar-refractivity contribution in [3.8, 4) is 0 Å². The molecule has 0 aliphatic heterocycles. The molecule has 2 heterocycles. The Kier molecular flexibility index (Phi) is 19.8. The molecule has 0 spiro atoms. The Morgan fingerprint density at radius 3 is 1.87 bits per heavy atom. The van der Waals surface area contributed by atoms with Gasteiger partial charge >= 0.3 is 6.08 Å². The van der Waals surface area contributed by atoms with E-state index in [-0.39, 0.29) is 10.8 Å². The van der Waals surface area contributed by atoms with Gasteiger partial charge in [0, 0.05) is 29.2 Å². The number of pyridine rings is 2. The van der Waals surface area contributed by atoms with Crippen LogP contribution in [-0.4, -0.2) is 32.8 Å². The van der Waals surface area contributed by atoms with Crippen molar-refractivity contribution in [2.45, 2.75) is 109 Å². The van der Waals surface area contributed by atoms with E-state index >= 15 is 0 Å². The first-order chi connectivity index (χ1) is 25.0. The predicted octanol–water partition coefficient (Wildman–Crippen LogP) is 13.3. The van der Waals surface area contributed by atoms with Crippen LogP contribution in [0.15, 0.2) is 112 Å². The van der Waals surface area contributed by atoms with Gasteiger partial charge in [0.05, 0.1) is 29.5 Å². The van der Waals surface area contributed by atoms with E-state index in [1.54, 1.807) is 12.4 Å². The van der Waals surface area contributed by atoms with E-state index in [2.05, 4.69) is 118 Å². The average molecular weight is 777 g/mol. The highest BCUT2D eigenvalue weighted by molar-refractivity contribution is 8.76. The maximum Gasteiger partial charge on any atom is 0.396 e. The zero-order valence-corrected chi connectivity index (χ0v) is 35.4. The summed E-state index contributed by atoms with van der Waals surface area (Å²) in [7, 11) is 2.85. The smallest absolute Gasteiger partial charge is 0.396 e. The molecule has 0 bridgehead atoms. The third-order valence-electron chi connectivity index (χ3n) is 7.56. The van der Waals surface area contributed by atoms with Gasteiger partial charge in [-0.05, 0) is 86.7 Å². The fourth-order valence-electron chi connectivity index (χ4n) is 4.31. The molecule has 52 heavy (non-hydrogen) atoms. The Hall–Kier alpha value is -2.92. The summed E-state index contributed by atoms with van der Waals surface area (Å²) in [5, 5.41) is 0. The van der Waals surface area contributed by atoms with Gasteiger partial charge in [0.2, 0.25) is 0 Å². The van der Waals surface area contributed by atoms with Gasteiger partial charge in [0.25, 0.3) is 0 Å². The largest absolute Gasteiger partial charge is 0.450 e. The lowest BCUT2D eigenvalue weighted by atomic mass is 9.87. The number of ether oxygens (including phenoxy) is 2. The van der Waals surface area contributed by atoms with Crippen LogP contribution < -0.4 is 0 Å². The molecule has 0 radical (unpaired) electrons. The Morgan fingerprint density at radius 1 is 0.692 bits per heavy atom. The normalized spacial score (nSPS) is 12.2. The molecule has 0 saturated carbocycles. The average Bonchev–Trinajstić information content (AvgIpc) is 3.13. The van der Waals surface area contributed by atoms with Crippen molar-refractivity contribution < 1.29 is 9.47 Å². The van der Waals surface area contributed by atoms with E-state index in [4.69, 9.17) is 14.5 Å². The SMILES string of the molecule is CCCCOC(=NSSc1cccnc1)OCc1ccc(C(C)(C)C)cc1.CCCCSC(=Nc1cccnc1)SCc1ccc(C(C)(C)C)cc1. The monoisotopic (exact) mass is 776 g/mol. The minimum atomic E-state index is 0.148. The molecule has 2 aromatic heterocycles. The van der Waals surface area contributed by atoms with E-state index in [0.29, 0.717) is 19.3 Å². The molecule has 6 nitrogen and oxygen atoms in total. The molecular weight excluding hydrogens is 721 g/mol. The lowest BCUT2D eigenvalue weighted by molar-refractivity contribution is 0.157. The fraction of sp³-hybridized carbons (Fsp3) is 0.429. The highest BCUT2D eigenvalue weighted by Crippen LogP contribution is 2.32. The molecule has 4 rings (SSSR count). The third kappa shape index (κ3) is 17.7. The summed E-state index contributed by atoms with van der Waals surface area (Å²) in [5.74, 6) is 2.06. The van der Waals surface area contributed by atoms with Crippen LogP contribution in [-0.2, 0) is 32.7 Å². The quantitative estimate of drug-likeness (QED) is 0.0412. The summed E-state index contributed by atoms with van der Waals surface area (Å²) in [6.45, 7) is 18.8. The van der Waals surface area contributed by atoms with E-state index in [0.717, 1.165) is 44.9 Å². The van der Waals surface area contributed by atoms with E-state index in [1.165, 1.54) is 51.3 Å². The summed E-state index contributed by atoms with van der Waals surface area (Å²) in [6.07, 6.45) is 12.0. The van der Waals surface area contributed by atoms with Crippen molar-refractivity contribution in [3.63, 3.8) is 0 Å². The van der Waals surface area contributed by atoms with Crippen LogP contribution >= 0.6 is 45.3 Å². The molecule has 0 fully saturated rings. The van der Waals surface area contributed by atoms with Crippen molar-refractivity contribution in [2.75, 3.05) is 12.4 Å². The lowest BCUT2D eigenvalue weighted by Crippen LogP contribution is -2.12. The molecule has 0 unspecified atom stereocenters. The highest BCUT2D eigenvalue weighted by atomic mass is 33.1. The maximum absolute atomic E-state index is 5.82. The minimum Gasteiger partial charge on any atom is -0.450 e. The standard InChI is InChI=1S/C21H28N2O2S2.C21H28N2S2/c1-5-6-14-24-20(23-27-26-19-8-7-13-22-15-19)25-16-17-9-11-18(12-10-17)21(2,3)4;1-5-6-14-24-20(23-19-8-7-13-22-15-19)25-16-17-9-11-18(12-10-17)21(2,3)4/h7-13,15H,5-6,14,16H2,1-4H3;7-13,15H,5-6,14,16H2,1-4H3. The highest BCUT2D eigenvalue weighted by Gasteiger charge is 2.14. The second kappa shape index (κ2) is 23.7. The second-order valence-corrected chi connectivity index (χ2v) is 18.4. The number of aromatic nitrogens is 2. The van der Waals surface area contributed by atoms with Crippen molar-refractivity contribution >= 4 is 61.4 Å². The van der Waals surface area contributed by atoms with Gasteiger partial charge in [-0.2, -0.15) is 0 Å². The van der Waals surface area contributed by atoms with Crippen molar-refractivity contribution in [2.24, 2.45) is 9.39 Å². The van der Waals surface area contributed by atoms with E-state index in [9.17, 15) is 0 Å². The number of rotatable bonds is 14. The van der Waals surface area contributed by atoms with Crippen LogP contribution in [0.4, 0.5) is 5.69 Å². The van der Waals surface area contributed by atoms with Crippen molar-refractivity contribution in [3.05, 3.63) is 120 Å².